The van der Waals surface area contributed by atoms with Crippen LogP contribution in [0.1, 0.15) is 16.1 Å². The van der Waals surface area contributed by atoms with Crippen LogP contribution in [0.5, 0.6) is 0 Å². The molecule has 1 aromatic heterocycles. The van der Waals surface area contributed by atoms with Crippen molar-refractivity contribution in [3.8, 4) is 0 Å². The van der Waals surface area contributed by atoms with Crippen molar-refractivity contribution in [3.05, 3.63) is 47.5 Å². The average Bonchev–Trinajstić information content (AvgIpc) is 2.98. The fraction of sp³-hybridized carbons (Fsp3) is 0.250. The number of hydrogen-bond acceptors (Lipinski definition) is 7. The van der Waals surface area contributed by atoms with Gasteiger partial charge in [0.1, 0.15) is 11.6 Å². The minimum atomic E-state index is -0.620. The summed E-state index contributed by atoms with van der Waals surface area (Å²) < 4.78 is 22.4. The molecule has 0 saturated carbocycles. The van der Waals surface area contributed by atoms with E-state index in [1.54, 1.807) is 13.0 Å². The summed E-state index contributed by atoms with van der Waals surface area (Å²) in [6, 6.07) is 6.50. The van der Waals surface area contributed by atoms with E-state index in [0.717, 1.165) is 23.9 Å². The molecule has 132 valence electrons. The van der Waals surface area contributed by atoms with Crippen molar-refractivity contribution in [3.63, 3.8) is 0 Å². The van der Waals surface area contributed by atoms with Crippen LogP contribution in [-0.4, -0.2) is 40.9 Å². The van der Waals surface area contributed by atoms with E-state index >= 15 is 0 Å². The van der Waals surface area contributed by atoms with Gasteiger partial charge < -0.3 is 14.6 Å². The topological polar surface area (TPSA) is 98.5 Å². The molecule has 0 atom stereocenters. The van der Waals surface area contributed by atoms with Gasteiger partial charge in [0, 0.05) is 11.6 Å². The van der Waals surface area contributed by atoms with Crippen molar-refractivity contribution in [2.75, 3.05) is 23.4 Å². The highest BCUT2D eigenvalue weighted by atomic mass is 32.2. The number of hydrogen-bond donors (Lipinski definition) is 1. The van der Waals surface area contributed by atoms with Gasteiger partial charge >= 0.3 is 5.97 Å². The molecule has 0 aliphatic rings. The molecule has 0 fully saturated rings. The number of ether oxygens (including phenoxy) is 1. The molecule has 0 aliphatic carbocycles. The molecular formula is C16H15FN2O5S. The van der Waals surface area contributed by atoms with Gasteiger partial charge in [-0.3, -0.25) is 14.4 Å². The number of aryl methyl sites for hydroxylation is 1. The van der Waals surface area contributed by atoms with Gasteiger partial charge in [0.15, 0.2) is 18.2 Å². The van der Waals surface area contributed by atoms with E-state index in [-0.39, 0.29) is 23.0 Å². The molecule has 1 N–H and O–H groups in total. The molecule has 0 unspecified atom stereocenters. The van der Waals surface area contributed by atoms with Gasteiger partial charge in [-0.1, -0.05) is 5.16 Å². The van der Waals surface area contributed by atoms with Crippen LogP contribution in [0.2, 0.25) is 0 Å². The number of ketones is 1. The molecule has 0 spiro atoms. The molecule has 2 aromatic rings. The molecule has 0 bridgehead atoms. The Kier molecular flexibility index (Phi) is 6.70. The van der Waals surface area contributed by atoms with Gasteiger partial charge in [0.2, 0.25) is 5.91 Å². The summed E-state index contributed by atoms with van der Waals surface area (Å²) in [5.74, 6) is -1.04. The second-order valence-electron chi connectivity index (χ2n) is 4.95. The van der Waals surface area contributed by atoms with Crippen LogP contribution < -0.4 is 5.32 Å². The summed E-state index contributed by atoms with van der Waals surface area (Å²) in [5, 5.41) is 6.12. The summed E-state index contributed by atoms with van der Waals surface area (Å²) in [6.07, 6.45) is 0. The smallest absolute Gasteiger partial charge is 0.316 e. The first-order chi connectivity index (χ1) is 11.9. The van der Waals surface area contributed by atoms with Crippen molar-refractivity contribution in [2.45, 2.75) is 6.92 Å². The first-order valence-corrected chi connectivity index (χ1v) is 8.35. The fourth-order valence-electron chi connectivity index (χ4n) is 1.74. The number of aromatic nitrogens is 1. The van der Waals surface area contributed by atoms with Crippen molar-refractivity contribution in [2.24, 2.45) is 0 Å². The summed E-state index contributed by atoms with van der Waals surface area (Å²) >= 11 is 1.04. The maximum Gasteiger partial charge on any atom is 0.316 e. The number of Topliss-reactive ketones (excluding diaryl/α,β-unsaturated/α-hetero) is 1. The summed E-state index contributed by atoms with van der Waals surface area (Å²) in [6.45, 7) is 1.26. The Morgan fingerprint density at radius 3 is 2.60 bits per heavy atom. The third-order valence-electron chi connectivity index (χ3n) is 2.88. The quantitative estimate of drug-likeness (QED) is 0.565. The second-order valence-corrected chi connectivity index (χ2v) is 5.94. The SMILES string of the molecule is Cc1cc(NC(=O)CSCC(=O)OCC(=O)c2ccc(F)cc2)no1. The molecule has 7 nitrogen and oxygen atoms in total. The third kappa shape index (κ3) is 6.38. The molecule has 2 rings (SSSR count). The number of benzene rings is 1. The lowest BCUT2D eigenvalue weighted by atomic mass is 10.1. The van der Waals surface area contributed by atoms with Crippen LogP contribution in [0.15, 0.2) is 34.9 Å². The Balaban J connectivity index is 1.64. The predicted molar refractivity (Wildman–Crippen MR) is 88.9 cm³/mol. The van der Waals surface area contributed by atoms with Crippen LogP contribution in [-0.2, 0) is 14.3 Å². The van der Waals surface area contributed by atoms with Crippen LogP contribution in [0, 0.1) is 12.7 Å². The number of esters is 1. The van der Waals surface area contributed by atoms with Gasteiger partial charge in [0.05, 0.1) is 11.5 Å². The lowest BCUT2D eigenvalue weighted by Crippen LogP contribution is -2.18. The average molecular weight is 366 g/mol. The number of nitrogens with one attached hydrogen (secondary N) is 1. The van der Waals surface area contributed by atoms with Gasteiger partial charge in [-0.15, -0.1) is 11.8 Å². The highest BCUT2D eigenvalue weighted by molar-refractivity contribution is 8.00. The maximum atomic E-state index is 12.8. The normalized spacial score (nSPS) is 10.3. The van der Waals surface area contributed by atoms with Crippen molar-refractivity contribution < 1.29 is 28.0 Å². The lowest BCUT2D eigenvalue weighted by Gasteiger charge is -2.04. The monoisotopic (exact) mass is 366 g/mol. The summed E-state index contributed by atoms with van der Waals surface area (Å²) in [4.78, 5) is 35.0. The molecule has 1 heterocycles. The number of rotatable bonds is 8. The number of anilines is 1. The molecule has 1 aromatic carbocycles. The Morgan fingerprint density at radius 2 is 1.96 bits per heavy atom. The Bertz CT molecular complexity index is 760. The van der Waals surface area contributed by atoms with E-state index in [4.69, 9.17) is 9.26 Å². The van der Waals surface area contributed by atoms with Gasteiger partial charge in [-0.2, -0.15) is 0 Å². The number of carbonyl (C=O) groups excluding carboxylic acids is 3. The lowest BCUT2D eigenvalue weighted by molar-refractivity contribution is -0.139. The van der Waals surface area contributed by atoms with Gasteiger partial charge in [-0.05, 0) is 31.2 Å². The summed E-state index contributed by atoms with van der Waals surface area (Å²) in [5.41, 5.74) is 0.254. The van der Waals surface area contributed by atoms with Crippen molar-refractivity contribution >= 4 is 35.2 Å². The number of carbonyl (C=O) groups is 3. The number of halogens is 1. The first kappa shape index (κ1) is 18.7. The zero-order valence-corrected chi connectivity index (χ0v) is 14.1. The molecular weight excluding hydrogens is 351 g/mol. The Labute approximate surface area is 146 Å². The molecule has 0 saturated heterocycles. The fourth-order valence-corrected chi connectivity index (χ4v) is 2.35. The van der Waals surface area contributed by atoms with Crippen LogP contribution >= 0.6 is 11.8 Å². The third-order valence-corrected chi connectivity index (χ3v) is 3.79. The van der Waals surface area contributed by atoms with E-state index in [9.17, 15) is 18.8 Å². The zero-order valence-electron chi connectivity index (χ0n) is 13.3. The van der Waals surface area contributed by atoms with E-state index in [0.29, 0.717) is 11.6 Å². The minimum absolute atomic E-state index is 0.0208. The number of amides is 1. The number of nitrogens with zero attached hydrogens (tertiary/aromatic N) is 1. The molecule has 1 amide bonds. The van der Waals surface area contributed by atoms with Gasteiger partial charge in [-0.25, -0.2) is 4.39 Å². The summed E-state index contributed by atoms with van der Waals surface area (Å²) in [7, 11) is 0. The molecule has 0 radical (unpaired) electrons. The highest BCUT2D eigenvalue weighted by Gasteiger charge is 2.12. The highest BCUT2D eigenvalue weighted by Crippen LogP contribution is 2.09. The molecule has 25 heavy (non-hydrogen) atoms. The Morgan fingerprint density at radius 1 is 1.24 bits per heavy atom. The van der Waals surface area contributed by atoms with Crippen LogP contribution in [0.3, 0.4) is 0 Å². The maximum absolute atomic E-state index is 12.8. The van der Waals surface area contributed by atoms with Crippen molar-refractivity contribution in [1.82, 2.24) is 5.16 Å². The van der Waals surface area contributed by atoms with E-state index in [1.807, 2.05) is 0 Å². The first-order valence-electron chi connectivity index (χ1n) is 7.19. The zero-order chi connectivity index (χ0) is 18.2. The standard InChI is InChI=1S/C16H15FN2O5S/c1-10-6-14(19-24-10)18-15(21)8-25-9-16(22)23-7-13(20)11-2-4-12(17)5-3-11/h2-6H,7-9H2,1H3,(H,18,19,21). The molecule has 9 heteroatoms. The van der Waals surface area contributed by atoms with Crippen molar-refractivity contribution in [1.29, 1.82) is 0 Å². The second kappa shape index (κ2) is 8.97. The van der Waals surface area contributed by atoms with E-state index < -0.39 is 24.2 Å². The Hall–Kier alpha value is -2.68. The van der Waals surface area contributed by atoms with Crippen LogP contribution in [0.25, 0.3) is 0 Å². The minimum Gasteiger partial charge on any atom is -0.457 e. The van der Waals surface area contributed by atoms with E-state index in [1.165, 1.54) is 12.1 Å². The largest absolute Gasteiger partial charge is 0.457 e. The molecule has 0 aliphatic heterocycles. The number of thioether (sulfide) groups is 1. The van der Waals surface area contributed by atoms with E-state index in [2.05, 4.69) is 10.5 Å². The van der Waals surface area contributed by atoms with Crippen LogP contribution in [0.4, 0.5) is 10.2 Å². The predicted octanol–water partition coefficient (Wildman–Crippen LogP) is 2.22. The van der Waals surface area contributed by atoms with Gasteiger partial charge in [0.25, 0.3) is 0 Å².